The number of ether oxygens (including phenoxy) is 4. The minimum absolute atomic E-state index is 0.0223. The number of carbonyl (C=O) groups excluding carboxylic acids is 1. The van der Waals surface area contributed by atoms with Gasteiger partial charge in [-0.3, -0.25) is 4.79 Å². The van der Waals surface area contributed by atoms with Crippen LogP contribution < -0.4 is 18.9 Å². The smallest absolute Gasteiger partial charge is 0.242 e. The number of aromatic nitrogens is 3. The number of methoxy groups -OCH3 is 3. The molecular formula is C28H29BrN4O5. The Morgan fingerprint density at radius 3 is 2.53 bits per heavy atom. The van der Waals surface area contributed by atoms with Gasteiger partial charge >= 0.3 is 0 Å². The van der Waals surface area contributed by atoms with Gasteiger partial charge in [0.1, 0.15) is 17.4 Å². The fourth-order valence-corrected chi connectivity index (χ4v) is 5.10. The summed E-state index contributed by atoms with van der Waals surface area (Å²) < 4.78 is 25.0. The predicted octanol–water partition coefficient (Wildman–Crippen LogP) is 5.00. The number of nitrogens with zero attached hydrogens (tertiary/aromatic N) is 4. The van der Waals surface area contributed by atoms with Gasteiger partial charge in [-0.1, -0.05) is 12.1 Å². The van der Waals surface area contributed by atoms with E-state index < -0.39 is 0 Å². The molecule has 0 spiro atoms. The molecule has 3 heterocycles. The maximum atomic E-state index is 12.8. The molecule has 2 aromatic carbocycles. The molecule has 1 aliphatic rings. The predicted molar refractivity (Wildman–Crippen MR) is 146 cm³/mol. The highest BCUT2D eigenvalue weighted by Gasteiger charge is 2.34. The standard InChI is InChI=1S/C28H29BrN4O5/c1-17(20-12-26(34)32(15-20)14-18-5-8-21(35-2)9-6-18)38-28-27-22(29)13-30-33(27)16-23(31-28)19-7-10-24(36-3)25(11-19)37-4/h5-11,13,16-17,20H,12,14-15H2,1-4H3/t17-,20-/m1/s1. The van der Waals surface area contributed by atoms with Gasteiger partial charge < -0.3 is 23.8 Å². The number of carbonyl (C=O) groups is 1. The van der Waals surface area contributed by atoms with Crippen molar-refractivity contribution in [1.29, 1.82) is 0 Å². The molecule has 1 saturated heterocycles. The van der Waals surface area contributed by atoms with Gasteiger partial charge in [0.2, 0.25) is 11.8 Å². The number of likely N-dealkylation sites (tertiary alicyclic amines) is 1. The van der Waals surface area contributed by atoms with Crippen LogP contribution in [0.15, 0.2) is 59.3 Å². The van der Waals surface area contributed by atoms with E-state index in [1.165, 1.54) is 0 Å². The van der Waals surface area contributed by atoms with E-state index >= 15 is 0 Å². The number of rotatable bonds is 9. The molecule has 198 valence electrons. The van der Waals surface area contributed by atoms with Crippen molar-refractivity contribution in [2.75, 3.05) is 27.9 Å². The van der Waals surface area contributed by atoms with Crippen LogP contribution in [0.4, 0.5) is 0 Å². The number of hydrogen-bond acceptors (Lipinski definition) is 7. The summed E-state index contributed by atoms with van der Waals surface area (Å²) in [5.74, 6) is 2.61. The lowest BCUT2D eigenvalue weighted by Crippen LogP contribution is -2.29. The van der Waals surface area contributed by atoms with Crippen molar-refractivity contribution in [2.24, 2.45) is 5.92 Å². The van der Waals surface area contributed by atoms with Crippen molar-refractivity contribution >= 4 is 27.4 Å². The zero-order chi connectivity index (χ0) is 26.8. The van der Waals surface area contributed by atoms with Gasteiger partial charge in [-0.2, -0.15) is 5.10 Å². The Hall–Kier alpha value is -3.79. The van der Waals surface area contributed by atoms with Gasteiger partial charge in [0.05, 0.1) is 43.9 Å². The van der Waals surface area contributed by atoms with E-state index in [0.29, 0.717) is 42.6 Å². The van der Waals surface area contributed by atoms with Crippen LogP contribution in [-0.4, -0.2) is 59.4 Å². The van der Waals surface area contributed by atoms with Crippen molar-refractivity contribution in [3.05, 3.63) is 64.9 Å². The second kappa shape index (κ2) is 10.9. The summed E-state index contributed by atoms with van der Waals surface area (Å²) >= 11 is 3.57. The highest BCUT2D eigenvalue weighted by Crippen LogP contribution is 2.35. The Kier molecular flexibility index (Phi) is 7.42. The van der Waals surface area contributed by atoms with Crippen LogP contribution in [0.3, 0.4) is 0 Å². The fourth-order valence-electron chi connectivity index (χ4n) is 4.66. The molecule has 0 radical (unpaired) electrons. The van der Waals surface area contributed by atoms with Crippen LogP contribution >= 0.6 is 15.9 Å². The molecule has 0 N–H and O–H groups in total. The molecule has 1 aliphatic heterocycles. The Labute approximate surface area is 229 Å². The highest BCUT2D eigenvalue weighted by molar-refractivity contribution is 9.10. The Morgan fingerprint density at radius 2 is 1.82 bits per heavy atom. The lowest BCUT2D eigenvalue weighted by Gasteiger charge is -2.22. The van der Waals surface area contributed by atoms with Gasteiger partial charge in [0, 0.05) is 31.0 Å². The van der Waals surface area contributed by atoms with Crippen molar-refractivity contribution < 1.29 is 23.7 Å². The largest absolute Gasteiger partial charge is 0.497 e. The van der Waals surface area contributed by atoms with Gasteiger partial charge in [0.25, 0.3) is 0 Å². The topological polar surface area (TPSA) is 87.4 Å². The van der Waals surface area contributed by atoms with E-state index in [-0.39, 0.29) is 17.9 Å². The third kappa shape index (κ3) is 5.13. The van der Waals surface area contributed by atoms with Crippen LogP contribution in [0.5, 0.6) is 23.1 Å². The van der Waals surface area contributed by atoms with Crippen LogP contribution in [0.25, 0.3) is 16.8 Å². The van der Waals surface area contributed by atoms with E-state index in [1.807, 2.05) is 60.5 Å². The number of hydrogen-bond donors (Lipinski definition) is 0. The van der Waals surface area contributed by atoms with E-state index in [0.717, 1.165) is 26.9 Å². The number of amides is 1. The molecule has 2 atom stereocenters. The lowest BCUT2D eigenvalue weighted by molar-refractivity contribution is -0.128. The molecule has 2 aromatic heterocycles. The van der Waals surface area contributed by atoms with Crippen molar-refractivity contribution in [1.82, 2.24) is 19.5 Å². The molecule has 38 heavy (non-hydrogen) atoms. The molecule has 5 rings (SSSR count). The first-order chi connectivity index (χ1) is 18.4. The molecule has 1 amide bonds. The van der Waals surface area contributed by atoms with Crippen molar-refractivity contribution in [2.45, 2.75) is 26.0 Å². The normalized spacial score (nSPS) is 16.1. The van der Waals surface area contributed by atoms with E-state index in [9.17, 15) is 4.79 Å². The molecule has 0 bridgehead atoms. The first-order valence-electron chi connectivity index (χ1n) is 12.2. The summed E-state index contributed by atoms with van der Waals surface area (Å²) in [7, 11) is 4.84. The average Bonchev–Trinajstić information content (AvgIpc) is 3.50. The zero-order valence-electron chi connectivity index (χ0n) is 21.7. The summed E-state index contributed by atoms with van der Waals surface area (Å²) in [6, 6.07) is 13.4. The minimum Gasteiger partial charge on any atom is -0.497 e. The SMILES string of the molecule is COc1ccc(CN2C[C@H]([C@@H](C)Oc3nc(-c4ccc(OC)c(OC)c4)cn4ncc(Br)c34)CC2=O)cc1. The monoisotopic (exact) mass is 580 g/mol. The van der Waals surface area contributed by atoms with Crippen molar-refractivity contribution in [3.8, 4) is 34.4 Å². The number of benzene rings is 2. The molecular weight excluding hydrogens is 552 g/mol. The summed E-state index contributed by atoms with van der Waals surface area (Å²) in [5.41, 5.74) is 3.28. The second-order valence-electron chi connectivity index (χ2n) is 9.20. The first-order valence-corrected chi connectivity index (χ1v) is 13.0. The quantitative estimate of drug-likeness (QED) is 0.275. The Bertz CT molecular complexity index is 1460. The Balaban J connectivity index is 1.37. The summed E-state index contributed by atoms with van der Waals surface area (Å²) in [6.07, 6.45) is 3.72. The van der Waals surface area contributed by atoms with Gasteiger partial charge in [-0.15, -0.1) is 0 Å². The molecule has 10 heteroatoms. The van der Waals surface area contributed by atoms with Crippen LogP contribution in [0.2, 0.25) is 0 Å². The fraction of sp³-hybridized carbons (Fsp3) is 0.321. The highest BCUT2D eigenvalue weighted by atomic mass is 79.9. The molecule has 0 unspecified atom stereocenters. The first kappa shape index (κ1) is 25.8. The average molecular weight is 581 g/mol. The summed E-state index contributed by atoms with van der Waals surface area (Å²) in [6.45, 7) is 3.15. The minimum atomic E-state index is -0.251. The molecule has 0 aliphatic carbocycles. The van der Waals surface area contributed by atoms with Crippen LogP contribution in [-0.2, 0) is 11.3 Å². The number of halogens is 1. The second-order valence-corrected chi connectivity index (χ2v) is 10.1. The maximum Gasteiger partial charge on any atom is 0.242 e. The zero-order valence-corrected chi connectivity index (χ0v) is 23.3. The van der Waals surface area contributed by atoms with Gasteiger partial charge in [-0.05, 0) is 58.7 Å². The molecule has 1 fully saturated rings. The molecule has 4 aromatic rings. The maximum absolute atomic E-state index is 12.8. The molecule has 9 nitrogen and oxygen atoms in total. The van der Waals surface area contributed by atoms with E-state index in [1.54, 1.807) is 32.0 Å². The van der Waals surface area contributed by atoms with Crippen molar-refractivity contribution in [3.63, 3.8) is 0 Å². The van der Waals surface area contributed by atoms with E-state index in [2.05, 4.69) is 21.0 Å². The Morgan fingerprint density at radius 1 is 1.05 bits per heavy atom. The van der Waals surface area contributed by atoms with Crippen LogP contribution in [0, 0.1) is 5.92 Å². The summed E-state index contributed by atoms with van der Waals surface area (Å²) in [4.78, 5) is 19.6. The lowest BCUT2D eigenvalue weighted by atomic mass is 10.0. The summed E-state index contributed by atoms with van der Waals surface area (Å²) in [5, 5.41) is 4.45. The number of fused-ring (bicyclic) bond motifs is 1. The molecule has 0 saturated carbocycles. The third-order valence-corrected chi connectivity index (χ3v) is 7.42. The van der Waals surface area contributed by atoms with Gasteiger partial charge in [-0.25, -0.2) is 9.50 Å². The van der Waals surface area contributed by atoms with Gasteiger partial charge in [0.15, 0.2) is 11.5 Å². The van der Waals surface area contributed by atoms with E-state index in [4.69, 9.17) is 23.9 Å². The van der Waals surface area contributed by atoms with Crippen LogP contribution in [0.1, 0.15) is 18.9 Å². The third-order valence-electron chi connectivity index (χ3n) is 6.84.